The lowest BCUT2D eigenvalue weighted by Gasteiger charge is -2.36. The Morgan fingerprint density at radius 3 is 1.36 bits per heavy atom. The SMILES string of the molecule is CCCCCCCCCCCC1(C)C(=O)N(CN(CCCC)CCCC)C(=O)N1CN(CCCC)CCCC. The molecular formula is C33H66N4O2. The van der Waals surface area contributed by atoms with Gasteiger partial charge in [-0.3, -0.25) is 19.5 Å². The molecule has 1 fully saturated rings. The minimum absolute atomic E-state index is 0.0241. The van der Waals surface area contributed by atoms with Crippen molar-refractivity contribution in [3.8, 4) is 0 Å². The molecule has 1 saturated heterocycles. The first-order chi connectivity index (χ1) is 18.9. The molecule has 1 heterocycles. The summed E-state index contributed by atoms with van der Waals surface area (Å²) in [5.41, 5.74) is -0.740. The van der Waals surface area contributed by atoms with Crippen molar-refractivity contribution in [3.63, 3.8) is 0 Å². The van der Waals surface area contributed by atoms with E-state index in [-0.39, 0.29) is 11.9 Å². The lowest BCUT2D eigenvalue weighted by atomic mass is 9.92. The number of carbonyl (C=O) groups excluding carboxylic acids is 2. The first kappa shape index (κ1) is 35.9. The van der Waals surface area contributed by atoms with E-state index < -0.39 is 5.54 Å². The lowest BCUT2D eigenvalue weighted by Crippen LogP contribution is -2.52. The van der Waals surface area contributed by atoms with Gasteiger partial charge in [0.1, 0.15) is 5.54 Å². The molecule has 0 spiro atoms. The van der Waals surface area contributed by atoms with Crippen LogP contribution in [-0.2, 0) is 4.79 Å². The van der Waals surface area contributed by atoms with Gasteiger partial charge in [0, 0.05) is 0 Å². The van der Waals surface area contributed by atoms with Crippen LogP contribution >= 0.6 is 0 Å². The smallest absolute Gasteiger partial charge is 0.297 e. The molecule has 6 nitrogen and oxygen atoms in total. The predicted octanol–water partition coefficient (Wildman–Crippen LogP) is 8.65. The molecule has 0 aromatic rings. The van der Waals surface area contributed by atoms with Crippen molar-refractivity contribution in [3.05, 3.63) is 0 Å². The fourth-order valence-corrected chi connectivity index (χ4v) is 5.65. The summed E-state index contributed by atoms with van der Waals surface area (Å²) >= 11 is 0. The van der Waals surface area contributed by atoms with Crippen LogP contribution in [0.4, 0.5) is 4.79 Å². The average molecular weight is 551 g/mol. The zero-order valence-electron chi connectivity index (χ0n) is 27.1. The van der Waals surface area contributed by atoms with Gasteiger partial charge >= 0.3 is 6.03 Å². The molecule has 0 aromatic carbocycles. The number of rotatable bonds is 26. The van der Waals surface area contributed by atoms with E-state index in [9.17, 15) is 9.59 Å². The molecule has 0 aliphatic carbocycles. The Bertz CT molecular complexity index is 627. The molecule has 1 atom stereocenters. The summed E-state index contributed by atoms with van der Waals surface area (Å²) < 4.78 is 0. The molecule has 6 heteroatoms. The summed E-state index contributed by atoms with van der Waals surface area (Å²) in [7, 11) is 0. The summed E-state index contributed by atoms with van der Waals surface area (Å²) in [6, 6.07) is -0.0746. The molecule has 0 saturated carbocycles. The second-order valence-corrected chi connectivity index (χ2v) is 12.2. The van der Waals surface area contributed by atoms with Gasteiger partial charge in [0.25, 0.3) is 5.91 Å². The molecule has 3 amide bonds. The van der Waals surface area contributed by atoms with E-state index in [0.717, 1.165) is 96.8 Å². The molecule has 39 heavy (non-hydrogen) atoms. The van der Waals surface area contributed by atoms with Crippen molar-refractivity contribution in [2.75, 3.05) is 39.5 Å². The number of hydrogen-bond acceptors (Lipinski definition) is 4. The van der Waals surface area contributed by atoms with E-state index in [4.69, 9.17) is 0 Å². The first-order valence-electron chi connectivity index (χ1n) is 17.0. The van der Waals surface area contributed by atoms with Crippen molar-refractivity contribution in [2.45, 2.75) is 163 Å². The molecular weight excluding hydrogens is 484 g/mol. The molecule has 1 aliphatic rings. The van der Waals surface area contributed by atoms with Gasteiger partial charge in [-0.2, -0.15) is 0 Å². The third-order valence-electron chi connectivity index (χ3n) is 8.52. The molecule has 0 N–H and O–H groups in total. The van der Waals surface area contributed by atoms with Crippen LogP contribution in [0.25, 0.3) is 0 Å². The van der Waals surface area contributed by atoms with Crippen LogP contribution in [0.3, 0.4) is 0 Å². The number of unbranched alkanes of at least 4 members (excludes halogenated alkanes) is 12. The van der Waals surface area contributed by atoms with Gasteiger partial charge in [-0.05, 0) is 65.2 Å². The molecule has 1 rings (SSSR count). The fraction of sp³-hybridized carbons (Fsp3) is 0.939. The maximum atomic E-state index is 14.0. The van der Waals surface area contributed by atoms with Gasteiger partial charge in [-0.25, -0.2) is 9.69 Å². The van der Waals surface area contributed by atoms with Gasteiger partial charge < -0.3 is 0 Å². The topological polar surface area (TPSA) is 47.1 Å². The highest BCUT2D eigenvalue weighted by Gasteiger charge is 2.54. The van der Waals surface area contributed by atoms with Crippen molar-refractivity contribution < 1.29 is 9.59 Å². The van der Waals surface area contributed by atoms with Crippen LogP contribution in [0.2, 0.25) is 0 Å². The van der Waals surface area contributed by atoms with E-state index in [2.05, 4.69) is 51.3 Å². The summed E-state index contributed by atoms with van der Waals surface area (Å²) in [6.07, 6.45) is 21.1. The van der Waals surface area contributed by atoms with Crippen LogP contribution in [-0.4, -0.2) is 76.6 Å². The Labute approximate surface area is 243 Å². The van der Waals surface area contributed by atoms with E-state index in [1.54, 1.807) is 4.90 Å². The zero-order valence-corrected chi connectivity index (χ0v) is 27.1. The summed E-state index contributed by atoms with van der Waals surface area (Å²) in [5, 5.41) is 0. The first-order valence-corrected chi connectivity index (χ1v) is 17.0. The molecule has 230 valence electrons. The highest BCUT2D eigenvalue weighted by molar-refractivity contribution is 6.06. The maximum Gasteiger partial charge on any atom is 0.329 e. The number of hydrogen-bond donors (Lipinski definition) is 0. The van der Waals surface area contributed by atoms with Crippen molar-refractivity contribution in [1.29, 1.82) is 0 Å². The number of carbonyl (C=O) groups is 2. The maximum absolute atomic E-state index is 14.0. The highest BCUT2D eigenvalue weighted by Crippen LogP contribution is 2.33. The van der Waals surface area contributed by atoms with Gasteiger partial charge in [-0.1, -0.05) is 118 Å². The summed E-state index contributed by atoms with van der Waals surface area (Å²) in [6.45, 7) is 18.0. The molecule has 0 bridgehead atoms. The Hall–Kier alpha value is -1.14. The molecule has 1 aliphatic heterocycles. The summed E-state index contributed by atoms with van der Waals surface area (Å²) in [4.78, 5) is 36.3. The fourth-order valence-electron chi connectivity index (χ4n) is 5.65. The minimum Gasteiger partial charge on any atom is -0.297 e. The number of imide groups is 1. The normalized spacial score (nSPS) is 17.9. The monoisotopic (exact) mass is 551 g/mol. The predicted molar refractivity (Wildman–Crippen MR) is 167 cm³/mol. The van der Waals surface area contributed by atoms with E-state index in [1.165, 1.54) is 44.9 Å². The molecule has 0 aromatic heterocycles. The van der Waals surface area contributed by atoms with Gasteiger partial charge in [0.2, 0.25) is 0 Å². The standard InChI is InChI=1S/C33H66N4O2/c1-7-12-17-18-19-20-21-22-23-24-33(6)31(38)36(29-34(25-13-8-2)26-14-9-3)32(39)37(33)30-35(27-15-10-4)28-16-11-5/h7-30H2,1-6H3. The minimum atomic E-state index is -0.740. The molecule has 1 unspecified atom stereocenters. The largest absolute Gasteiger partial charge is 0.329 e. The summed E-state index contributed by atoms with van der Waals surface area (Å²) in [5.74, 6) is 0.0241. The Morgan fingerprint density at radius 2 is 0.923 bits per heavy atom. The lowest BCUT2D eigenvalue weighted by molar-refractivity contribution is -0.134. The second-order valence-electron chi connectivity index (χ2n) is 12.2. The quantitative estimate of drug-likeness (QED) is 0.0798. The average Bonchev–Trinajstić information content (AvgIpc) is 3.10. The van der Waals surface area contributed by atoms with Crippen LogP contribution in [0, 0.1) is 0 Å². The highest BCUT2D eigenvalue weighted by atomic mass is 16.2. The van der Waals surface area contributed by atoms with Gasteiger partial charge in [0.15, 0.2) is 0 Å². The Morgan fingerprint density at radius 1 is 0.538 bits per heavy atom. The van der Waals surface area contributed by atoms with Crippen molar-refractivity contribution in [2.24, 2.45) is 0 Å². The number of urea groups is 1. The van der Waals surface area contributed by atoms with E-state index in [0.29, 0.717) is 13.3 Å². The Kier molecular flexibility index (Phi) is 19.9. The van der Waals surface area contributed by atoms with E-state index >= 15 is 0 Å². The Balaban J connectivity index is 2.97. The van der Waals surface area contributed by atoms with Gasteiger partial charge in [0.05, 0.1) is 13.3 Å². The van der Waals surface area contributed by atoms with Crippen molar-refractivity contribution in [1.82, 2.24) is 19.6 Å². The van der Waals surface area contributed by atoms with E-state index in [1.807, 2.05) is 4.90 Å². The number of nitrogens with zero attached hydrogens (tertiary/aromatic N) is 4. The van der Waals surface area contributed by atoms with Crippen LogP contribution in [0.15, 0.2) is 0 Å². The molecule has 0 radical (unpaired) electrons. The third-order valence-corrected chi connectivity index (χ3v) is 8.52. The van der Waals surface area contributed by atoms with Crippen molar-refractivity contribution >= 4 is 11.9 Å². The third kappa shape index (κ3) is 12.9. The van der Waals surface area contributed by atoms with Crippen LogP contribution in [0.5, 0.6) is 0 Å². The zero-order chi connectivity index (χ0) is 28.9. The van der Waals surface area contributed by atoms with Gasteiger partial charge in [-0.15, -0.1) is 0 Å². The van der Waals surface area contributed by atoms with Crippen LogP contribution in [0.1, 0.15) is 157 Å². The number of amides is 3. The second kappa shape index (κ2) is 21.6. The van der Waals surface area contributed by atoms with Crippen LogP contribution < -0.4 is 0 Å².